The van der Waals surface area contributed by atoms with Crippen LogP contribution in [-0.4, -0.2) is 0 Å². The van der Waals surface area contributed by atoms with Crippen molar-refractivity contribution in [1.29, 1.82) is 0 Å². The fourth-order valence-corrected chi connectivity index (χ4v) is 0.0823. The van der Waals surface area contributed by atoms with Gasteiger partial charge in [0.25, 0.3) is 0 Å². The first kappa shape index (κ1) is 5.34. The highest BCUT2D eigenvalue weighted by Crippen LogP contribution is 1.95. The smallest absolute Gasteiger partial charge is 0.0829 e. The van der Waals surface area contributed by atoms with Crippen molar-refractivity contribution in [3.8, 4) is 0 Å². The zero-order chi connectivity index (χ0) is 4.99. The van der Waals surface area contributed by atoms with E-state index in [-0.39, 0.29) is 5.16 Å². The first-order chi connectivity index (χ1) is 2.77. The van der Waals surface area contributed by atoms with Crippen LogP contribution in [-0.2, 0) is 0 Å². The van der Waals surface area contributed by atoms with Crippen LogP contribution in [0.1, 0.15) is 0 Å². The molecule has 0 aromatic carbocycles. The van der Waals surface area contributed by atoms with Crippen LogP contribution in [0.4, 0.5) is 0 Å². The van der Waals surface area contributed by atoms with Crippen LogP contribution < -0.4 is 0 Å². The summed E-state index contributed by atoms with van der Waals surface area (Å²) in [6.45, 7) is 3.09. The van der Waals surface area contributed by atoms with Crippen LogP contribution in [0, 0.1) is 0 Å². The number of hydrogen-bond donors (Lipinski definition) is 0. The second-order valence-corrected chi connectivity index (χ2v) is 1.00. The zero-order valence-corrected chi connectivity index (χ0v) is 3.68. The van der Waals surface area contributed by atoms with Crippen LogP contribution in [0.5, 0.6) is 0 Å². The van der Waals surface area contributed by atoms with Crippen molar-refractivity contribution < 1.29 is 0 Å². The number of nitrogens with zero attached hydrogens (tertiary/aromatic N) is 3. The summed E-state index contributed by atoms with van der Waals surface area (Å²) in [5.74, 6) is 0. The van der Waals surface area contributed by atoms with E-state index in [0.29, 0.717) is 0 Å². The predicted molar refractivity (Wildman–Crippen MR) is 24.1 cm³/mol. The van der Waals surface area contributed by atoms with Gasteiger partial charge in [-0.25, -0.2) is 0 Å². The van der Waals surface area contributed by atoms with Gasteiger partial charge >= 0.3 is 0 Å². The van der Waals surface area contributed by atoms with E-state index in [1.165, 1.54) is 0 Å². The first-order valence-corrected chi connectivity index (χ1v) is 1.54. The Morgan fingerprint density at radius 3 is 2.50 bits per heavy atom. The van der Waals surface area contributed by atoms with Gasteiger partial charge in [0.1, 0.15) is 0 Å². The molecule has 0 spiro atoms. The molecule has 0 aliphatic rings. The van der Waals surface area contributed by atoms with E-state index in [9.17, 15) is 0 Å². The van der Waals surface area contributed by atoms with Crippen molar-refractivity contribution >= 4 is 11.6 Å². The average molecular weight is 104 g/mol. The molecule has 0 saturated carbocycles. The van der Waals surface area contributed by atoms with Crippen LogP contribution in [0.3, 0.4) is 0 Å². The van der Waals surface area contributed by atoms with E-state index < -0.39 is 0 Å². The molecule has 0 radical (unpaired) electrons. The van der Waals surface area contributed by atoms with Gasteiger partial charge in [0.2, 0.25) is 0 Å². The van der Waals surface area contributed by atoms with E-state index in [2.05, 4.69) is 16.6 Å². The standard InChI is InChI=1S/C2H2ClN3/c1-2(3)5-6-4/h1H2. The Labute approximate surface area is 39.9 Å². The Bertz CT molecular complexity index is 101. The Morgan fingerprint density at radius 2 is 2.50 bits per heavy atom. The minimum Gasteiger partial charge on any atom is -0.0829 e. The van der Waals surface area contributed by atoms with Gasteiger partial charge in [-0.2, -0.15) is 0 Å². The molecule has 3 nitrogen and oxygen atoms in total. The van der Waals surface area contributed by atoms with E-state index >= 15 is 0 Å². The fraction of sp³-hybridized carbons (Fsp3) is 0. The van der Waals surface area contributed by atoms with E-state index in [0.717, 1.165) is 0 Å². The van der Waals surface area contributed by atoms with Gasteiger partial charge in [0.05, 0.1) is 5.16 Å². The summed E-state index contributed by atoms with van der Waals surface area (Å²) in [6, 6.07) is 0. The Hall–Kier alpha value is -0.660. The van der Waals surface area contributed by atoms with Gasteiger partial charge in [0.15, 0.2) is 0 Å². The quantitative estimate of drug-likeness (QED) is 0.211. The summed E-state index contributed by atoms with van der Waals surface area (Å²) in [6.07, 6.45) is 0. The molecule has 4 heteroatoms. The number of azide groups is 1. The second kappa shape index (κ2) is 2.57. The summed E-state index contributed by atoms with van der Waals surface area (Å²) in [5.41, 5.74) is 7.55. The Morgan fingerprint density at radius 1 is 2.00 bits per heavy atom. The molecule has 0 fully saturated rings. The lowest BCUT2D eigenvalue weighted by Crippen LogP contribution is -1.43. The molecule has 0 rings (SSSR count). The van der Waals surface area contributed by atoms with Gasteiger partial charge in [-0.15, -0.1) is 0 Å². The highest BCUT2D eigenvalue weighted by Gasteiger charge is 1.68. The average Bonchev–Trinajstić information content (AvgIpc) is 1.35. The lowest BCUT2D eigenvalue weighted by Gasteiger charge is -1.66. The molecule has 0 atom stereocenters. The maximum atomic E-state index is 7.55. The van der Waals surface area contributed by atoms with Crippen LogP contribution >= 0.6 is 11.6 Å². The molecular formula is C2H2ClN3. The van der Waals surface area contributed by atoms with Crippen molar-refractivity contribution in [3.05, 3.63) is 22.2 Å². The lowest BCUT2D eigenvalue weighted by molar-refractivity contribution is 1.48. The molecule has 0 bridgehead atoms. The third-order valence-electron chi connectivity index (χ3n) is 0.153. The van der Waals surface area contributed by atoms with Gasteiger partial charge in [0, 0.05) is 4.91 Å². The Balaban J connectivity index is 3.60. The van der Waals surface area contributed by atoms with Gasteiger partial charge in [-0.05, 0) is 10.6 Å². The monoisotopic (exact) mass is 103 g/mol. The number of rotatable bonds is 1. The number of halogens is 1. The minimum absolute atomic E-state index is 0.0301. The van der Waals surface area contributed by atoms with Crippen LogP contribution in [0.2, 0.25) is 0 Å². The molecular weight excluding hydrogens is 101 g/mol. The molecule has 0 aliphatic heterocycles. The van der Waals surface area contributed by atoms with Crippen LogP contribution in [0.25, 0.3) is 10.4 Å². The summed E-state index contributed by atoms with van der Waals surface area (Å²) < 4.78 is 0. The Kier molecular flexibility index (Phi) is 2.29. The normalized spacial score (nSPS) is 6.17. The van der Waals surface area contributed by atoms with Crippen molar-refractivity contribution in [2.24, 2.45) is 5.11 Å². The van der Waals surface area contributed by atoms with Gasteiger partial charge < -0.3 is 0 Å². The van der Waals surface area contributed by atoms with Crippen molar-refractivity contribution in [2.45, 2.75) is 0 Å². The topological polar surface area (TPSA) is 48.8 Å². The molecule has 0 heterocycles. The summed E-state index contributed by atoms with van der Waals surface area (Å²) in [5, 5.41) is 2.85. The first-order valence-electron chi connectivity index (χ1n) is 1.17. The molecule has 0 aliphatic carbocycles. The molecule has 0 amide bonds. The lowest BCUT2D eigenvalue weighted by atomic mass is 11.1. The maximum Gasteiger partial charge on any atom is 0.0966 e. The highest BCUT2D eigenvalue weighted by atomic mass is 35.5. The maximum absolute atomic E-state index is 7.55. The second-order valence-electron chi connectivity index (χ2n) is 0.566. The van der Waals surface area contributed by atoms with Crippen molar-refractivity contribution in [3.63, 3.8) is 0 Å². The van der Waals surface area contributed by atoms with Gasteiger partial charge in [-0.1, -0.05) is 18.2 Å². The molecule has 6 heavy (non-hydrogen) atoms. The largest absolute Gasteiger partial charge is 0.0966 e. The fourth-order valence-electron chi connectivity index (χ4n) is 0.0485. The molecule has 0 N–H and O–H groups in total. The number of hydrogen-bond acceptors (Lipinski definition) is 1. The SMILES string of the molecule is C=C(Cl)N=[N+]=[N-]. The van der Waals surface area contributed by atoms with Crippen molar-refractivity contribution in [1.82, 2.24) is 0 Å². The third-order valence-corrected chi connectivity index (χ3v) is 0.229. The molecule has 0 aromatic heterocycles. The summed E-state index contributed by atoms with van der Waals surface area (Å²) >= 11 is 4.96. The summed E-state index contributed by atoms with van der Waals surface area (Å²) in [4.78, 5) is 2.33. The third kappa shape index (κ3) is 3.34. The zero-order valence-electron chi connectivity index (χ0n) is 2.93. The minimum atomic E-state index is -0.0301. The highest BCUT2D eigenvalue weighted by molar-refractivity contribution is 6.28. The van der Waals surface area contributed by atoms with E-state index in [4.69, 9.17) is 17.1 Å². The predicted octanol–water partition coefficient (Wildman–Crippen LogP) is 2.01. The molecule has 0 saturated heterocycles. The van der Waals surface area contributed by atoms with Gasteiger partial charge in [-0.3, -0.25) is 0 Å². The molecule has 0 unspecified atom stereocenters. The van der Waals surface area contributed by atoms with Crippen molar-refractivity contribution in [2.75, 3.05) is 0 Å². The molecule has 0 aromatic rings. The van der Waals surface area contributed by atoms with E-state index in [1.54, 1.807) is 0 Å². The molecule has 32 valence electrons. The van der Waals surface area contributed by atoms with E-state index in [1.807, 2.05) is 0 Å². The van der Waals surface area contributed by atoms with Crippen LogP contribution in [0.15, 0.2) is 16.8 Å². The summed E-state index contributed by atoms with van der Waals surface area (Å²) in [7, 11) is 0.